The molecule has 3 rings (SSSR count). The van der Waals surface area contributed by atoms with Gasteiger partial charge >= 0.3 is 11.7 Å². The SMILES string of the molecule is CCOC(=O)Nc1ccc(NC(=O)c2c(C)cc(C3CCCNC3)oc2=O)cc1.Cl. The standard InChI is InChI=1S/C21H25N3O5.ClH/c1-3-28-21(27)24-16-8-6-15(7-9-16)23-19(25)18-13(2)11-17(29-20(18)26)14-5-4-10-22-12-14;/h6-9,11,14,22H,3-5,10,12H2,1-2H3,(H,23,25)(H,24,27);1H. The Labute approximate surface area is 180 Å². The largest absolute Gasteiger partial charge is 0.450 e. The molecule has 1 aromatic heterocycles. The third kappa shape index (κ3) is 5.84. The molecule has 2 amide bonds. The van der Waals surface area contributed by atoms with Gasteiger partial charge in [-0.2, -0.15) is 0 Å². The number of hydrogen-bond donors (Lipinski definition) is 3. The number of halogens is 1. The van der Waals surface area contributed by atoms with Crippen LogP contribution in [0.5, 0.6) is 0 Å². The molecule has 1 unspecified atom stereocenters. The van der Waals surface area contributed by atoms with Crippen molar-refractivity contribution in [3.8, 4) is 0 Å². The molecule has 2 aromatic rings. The van der Waals surface area contributed by atoms with Crippen LogP contribution in [0.2, 0.25) is 0 Å². The van der Waals surface area contributed by atoms with Crippen molar-refractivity contribution in [2.24, 2.45) is 0 Å². The van der Waals surface area contributed by atoms with Crippen molar-refractivity contribution in [3.63, 3.8) is 0 Å². The van der Waals surface area contributed by atoms with E-state index in [4.69, 9.17) is 9.15 Å². The van der Waals surface area contributed by atoms with Crippen molar-refractivity contribution in [3.05, 3.63) is 57.6 Å². The summed E-state index contributed by atoms with van der Waals surface area (Å²) >= 11 is 0. The van der Waals surface area contributed by atoms with E-state index >= 15 is 0 Å². The molecule has 1 aromatic carbocycles. The quantitative estimate of drug-likeness (QED) is 0.661. The first-order valence-corrected chi connectivity index (χ1v) is 9.68. The Morgan fingerprint density at radius 3 is 2.43 bits per heavy atom. The first kappa shape index (κ1) is 23.4. The number of carbonyl (C=O) groups excluding carboxylic acids is 2. The second-order valence-electron chi connectivity index (χ2n) is 6.91. The van der Waals surface area contributed by atoms with Crippen LogP contribution in [0.15, 0.2) is 39.5 Å². The first-order valence-electron chi connectivity index (χ1n) is 9.68. The summed E-state index contributed by atoms with van der Waals surface area (Å²) in [6.07, 6.45) is 1.43. The predicted octanol–water partition coefficient (Wildman–Crippen LogP) is 3.66. The zero-order chi connectivity index (χ0) is 20.8. The van der Waals surface area contributed by atoms with E-state index in [1.165, 1.54) is 0 Å². The Balaban J connectivity index is 0.00000320. The molecule has 0 aliphatic carbocycles. The van der Waals surface area contributed by atoms with Crippen LogP contribution in [-0.2, 0) is 4.74 Å². The molecule has 1 fully saturated rings. The van der Waals surface area contributed by atoms with E-state index in [9.17, 15) is 14.4 Å². The molecule has 0 spiro atoms. The van der Waals surface area contributed by atoms with Gasteiger partial charge in [0.05, 0.1) is 6.61 Å². The molecule has 2 heterocycles. The number of ether oxygens (including phenoxy) is 1. The summed E-state index contributed by atoms with van der Waals surface area (Å²) in [7, 11) is 0. The van der Waals surface area contributed by atoms with Crippen LogP contribution in [0.1, 0.15) is 47.4 Å². The Morgan fingerprint density at radius 1 is 1.20 bits per heavy atom. The normalized spacial score (nSPS) is 15.6. The van der Waals surface area contributed by atoms with Gasteiger partial charge in [0.1, 0.15) is 11.3 Å². The Hall–Kier alpha value is -2.84. The molecule has 0 saturated carbocycles. The predicted molar refractivity (Wildman–Crippen MR) is 117 cm³/mol. The molecule has 1 atom stereocenters. The van der Waals surface area contributed by atoms with Crippen molar-refractivity contribution in [1.82, 2.24) is 5.32 Å². The van der Waals surface area contributed by atoms with E-state index in [0.717, 1.165) is 25.9 Å². The van der Waals surface area contributed by atoms with Gasteiger partial charge in [0.25, 0.3) is 5.91 Å². The molecule has 162 valence electrons. The van der Waals surface area contributed by atoms with Crippen LogP contribution in [-0.4, -0.2) is 31.7 Å². The molecule has 1 aliphatic rings. The number of hydrogen-bond acceptors (Lipinski definition) is 6. The van der Waals surface area contributed by atoms with Crippen molar-refractivity contribution in [1.29, 1.82) is 0 Å². The van der Waals surface area contributed by atoms with Crippen LogP contribution in [0, 0.1) is 6.92 Å². The summed E-state index contributed by atoms with van der Waals surface area (Å²) in [5.41, 5.74) is 0.959. The van der Waals surface area contributed by atoms with Gasteiger partial charge in [0, 0.05) is 23.8 Å². The zero-order valence-electron chi connectivity index (χ0n) is 16.9. The third-order valence-corrected chi connectivity index (χ3v) is 4.76. The second kappa shape index (κ2) is 10.8. The van der Waals surface area contributed by atoms with Gasteiger partial charge in [-0.15, -0.1) is 12.4 Å². The molecule has 3 N–H and O–H groups in total. The maximum absolute atomic E-state index is 12.6. The maximum Gasteiger partial charge on any atom is 0.411 e. The fourth-order valence-electron chi connectivity index (χ4n) is 3.32. The Kier molecular flexibility index (Phi) is 8.44. The van der Waals surface area contributed by atoms with E-state index in [1.807, 2.05) is 0 Å². The van der Waals surface area contributed by atoms with Crippen LogP contribution < -0.4 is 21.6 Å². The maximum atomic E-state index is 12.6. The summed E-state index contributed by atoms with van der Waals surface area (Å²) in [6.45, 7) is 5.46. The van der Waals surface area contributed by atoms with Gasteiger partial charge in [-0.3, -0.25) is 10.1 Å². The van der Waals surface area contributed by atoms with E-state index in [2.05, 4.69) is 16.0 Å². The number of piperidine rings is 1. The number of rotatable bonds is 5. The van der Waals surface area contributed by atoms with Crippen molar-refractivity contribution >= 4 is 35.8 Å². The summed E-state index contributed by atoms with van der Waals surface area (Å²) in [4.78, 5) is 36.5. The lowest BCUT2D eigenvalue weighted by atomic mass is 9.95. The van der Waals surface area contributed by atoms with Crippen LogP contribution in [0.4, 0.5) is 16.2 Å². The highest BCUT2D eigenvalue weighted by molar-refractivity contribution is 6.05. The van der Waals surface area contributed by atoms with Crippen LogP contribution in [0.3, 0.4) is 0 Å². The number of amides is 2. The topological polar surface area (TPSA) is 110 Å². The molecule has 30 heavy (non-hydrogen) atoms. The first-order chi connectivity index (χ1) is 14.0. The molecule has 9 heteroatoms. The Bertz CT molecular complexity index is 937. The molecule has 0 bridgehead atoms. The van der Waals surface area contributed by atoms with E-state index in [-0.39, 0.29) is 30.5 Å². The smallest absolute Gasteiger partial charge is 0.411 e. The lowest BCUT2D eigenvalue weighted by Crippen LogP contribution is -2.30. The summed E-state index contributed by atoms with van der Waals surface area (Å²) < 4.78 is 10.3. The van der Waals surface area contributed by atoms with E-state index in [0.29, 0.717) is 22.7 Å². The van der Waals surface area contributed by atoms with Crippen molar-refractivity contribution in [2.45, 2.75) is 32.6 Å². The number of nitrogens with one attached hydrogen (secondary N) is 3. The number of aryl methyl sites for hydroxylation is 1. The highest BCUT2D eigenvalue weighted by atomic mass is 35.5. The highest BCUT2D eigenvalue weighted by Gasteiger charge is 2.22. The fraction of sp³-hybridized carbons (Fsp3) is 0.381. The monoisotopic (exact) mass is 435 g/mol. The van der Waals surface area contributed by atoms with Gasteiger partial charge < -0.3 is 19.8 Å². The van der Waals surface area contributed by atoms with E-state index < -0.39 is 17.6 Å². The highest BCUT2D eigenvalue weighted by Crippen LogP contribution is 2.24. The van der Waals surface area contributed by atoms with Gasteiger partial charge in [-0.25, -0.2) is 9.59 Å². The number of anilines is 2. The van der Waals surface area contributed by atoms with Crippen LogP contribution >= 0.6 is 12.4 Å². The van der Waals surface area contributed by atoms with Gasteiger partial charge in [-0.1, -0.05) is 0 Å². The molecule has 1 saturated heterocycles. The second-order valence-corrected chi connectivity index (χ2v) is 6.91. The average molecular weight is 436 g/mol. The molecule has 0 radical (unpaired) electrons. The number of benzene rings is 1. The molecular weight excluding hydrogens is 410 g/mol. The minimum absolute atomic E-state index is 0. The van der Waals surface area contributed by atoms with Crippen molar-refractivity contribution < 1.29 is 18.7 Å². The molecular formula is C21H26ClN3O5. The van der Waals surface area contributed by atoms with Gasteiger partial charge in [-0.05, 0) is 69.1 Å². The summed E-state index contributed by atoms with van der Waals surface area (Å²) in [6, 6.07) is 8.28. The molecule has 1 aliphatic heterocycles. The lowest BCUT2D eigenvalue weighted by Gasteiger charge is -2.22. The minimum Gasteiger partial charge on any atom is -0.450 e. The van der Waals surface area contributed by atoms with Gasteiger partial charge in [0.2, 0.25) is 0 Å². The number of carbonyl (C=O) groups is 2. The fourth-order valence-corrected chi connectivity index (χ4v) is 3.32. The Morgan fingerprint density at radius 2 is 1.87 bits per heavy atom. The minimum atomic E-state index is -0.635. The van der Waals surface area contributed by atoms with Gasteiger partial charge in [0.15, 0.2) is 0 Å². The average Bonchev–Trinajstić information content (AvgIpc) is 2.70. The van der Waals surface area contributed by atoms with Crippen LogP contribution in [0.25, 0.3) is 0 Å². The lowest BCUT2D eigenvalue weighted by molar-refractivity contribution is 0.102. The summed E-state index contributed by atoms with van der Waals surface area (Å²) in [5, 5.41) is 8.55. The third-order valence-electron chi connectivity index (χ3n) is 4.76. The summed E-state index contributed by atoms with van der Waals surface area (Å²) in [5.74, 6) is 0.230. The zero-order valence-corrected chi connectivity index (χ0v) is 17.8. The van der Waals surface area contributed by atoms with E-state index in [1.54, 1.807) is 44.2 Å². The molecule has 8 nitrogen and oxygen atoms in total. The van der Waals surface area contributed by atoms with Crippen molar-refractivity contribution in [2.75, 3.05) is 30.3 Å².